The molecule has 0 spiro atoms. The second-order valence-electron chi connectivity index (χ2n) is 4.89. The fourth-order valence-corrected chi connectivity index (χ4v) is 2.48. The van der Waals surface area contributed by atoms with Gasteiger partial charge in [-0.1, -0.05) is 12.5 Å². The number of anilines is 1. The predicted octanol–water partition coefficient (Wildman–Crippen LogP) is 4.09. The quantitative estimate of drug-likeness (QED) is 0.568. The van der Waals surface area contributed by atoms with Crippen LogP contribution in [0.3, 0.4) is 0 Å². The van der Waals surface area contributed by atoms with Crippen LogP contribution in [0.15, 0.2) is 30.5 Å². The molecule has 0 saturated carbocycles. The molecule has 2 rings (SSSR count). The Morgan fingerprint density at radius 3 is 2.80 bits per heavy atom. The van der Waals surface area contributed by atoms with E-state index in [1.54, 1.807) is 7.11 Å². The monoisotopic (exact) mass is 292 g/mol. The van der Waals surface area contributed by atoms with E-state index < -0.39 is 0 Å². The number of unbranched alkanes of at least 4 members (excludes halogenated alkanes) is 2. The maximum absolute atomic E-state index is 5.71. The summed E-state index contributed by atoms with van der Waals surface area (Å²) < 4.78 is 5.31. The molecule has 0 N–H and O–H groups in total. The van der Waals surface area contributed by atoms with Crippen LogP contribution in [-0.2, 0) is 0 Å². The molecule has 0 aliphatic rings. The zero-order valence-electron chi connectivity index (χ0n) is 12.1. The third-order valence-electron chi connectivity index (χ3n) is 3.44. The summed E-state index contributed by atoms with van der Waals surface area (Å²) in [5, 5.41) is 2.31. The first-order chi connectivity index (χ1) is 9.76. The Balaban J connectivity index is 2.19. The number of rotatable bonds is 7. The van der Waals surface area contributed by atoms with Gasteiger partial charge in [-0.15, -0.1) is 11.6 Å². The summed E-state index contributed by atoms with van der Waals surface area (Å²) in [6.07, 6.45) is 5.22. The molecule has 0 unspecified atom stereocenters. The Hall–Kier alpha value is -1.48. The highest BCUT2D eigenvalue weighted by Gasteiger charge is 2.08. The minimum absolute atomic E-state index is 0.743. The second kappa shape index (κ2) is 7.34. The van der Waals surface area contributed by atoms with Crippen molar-refractivity contribution in [1.82, 2.24) is 4.98 Å². The van der Waals surface area contributed by atoms with Gasteiger partial charge in [0.05, 0.1) is 7.11 Å². The Morgan fingerprint density at radius 1 is 1.20 bits per heavy atom. The van der Waals surface area contributed by atoms with E-state index in [2.05, 4.69) is 23.0 Å². The molecule has 4 heteroatoms. The molecule has 1 heterocycles. The molecule has 1 aromatic heterocycles. The number of ether oxygens (including phenoxy) is 1. The molecule has 0 fully saturated rings. The number of aromatic nitrogens is 1. The fourth-order valence-electron chi connectivity index (χ4n) is 2.29. The van der Waals surface area contributed by atoms with Crippen molar-refractivity contribution in [3.63, 3.8) is 0 Å². The highest BCUT2D eigenvalue weighted by molar-refractivity contribution is 6.17. The lowest BCUT2D eigenvalue weighted by atomic mass is 10.1. The number of pyridine rings is 1. The first kappa shape index (κ1) is 14.9. The molecular weight excluding hydrogens is 272 g/mol. The number of alkyl halides is 1. The van der Waals surface area contributed by atoms with Gasteiger partial charge < -0.3 is 9.64 Å². The Labute approximate surface area is 125 Å². The van der Waals surface area contributed by atoms with E-state index in [4.69, 9.17) is 16.3 Å². The first-order valence-corrected chi connectivity index (χ1v) is 7.49. The van der Waals surface area contributed by atoms with Crippen LogP contribution in [0.1, 0.15) is 19.3 Å². The highest BCUT2D eigenvalue weighted by atomic mass is 35.5. The van der Waals surface area contributed by atoms with Gasteiger partial charge in [0.1, 0.15) is 11.6 Å². The van der Waals surface area contributed by atoms with Gasteiger partial charge in [0.25, 0.3) is 0 Å². The molecule has 0 aliphatic heterocycles. The van der Waals surface area contributed by atoms with Crippen molar-refractivity contribution in [3.8, 4) is 5.75 Å². The van der Waals surface area contributed by atoms with E-state index in [1.165, 1.54) is 5.39 Å². The Bertz CT molecular complexity index is 559. The predicted molar refractivity (Wildman–Crippen MR) is 86.1 cm³/mol. The molecule has 0 saturated heterocycles. The van der Waals surface area contributed by atoms with Gasteiger partial charge in [0, 0.05) is 31.1 Å². The van der Waals surface area contributed by atoms with Gasteiger partial charge in [0.2, 0.25) is 0 Å². The molecule has 0 radical (unpaired) electrons. The van der Waals surface area contributed by atoms with Crippen molar-refractivity contribution < 1.29 is 4.74 Å². The van der Waals surface area contributed by atoms with Gasteiger partial charge in [-0.25, -0.2) is 4.98 Å². The minimum atomic E-state index is 0.743. The SMILES string of the molecule is COc1ccc2ccnc(N(C)CCCCCCl)c2c1. The number of fused-ring (bicyclic) bond motifs is 1. The summed E-state index contributed by atoms with van der Waals surface area (Å²) in [5.74, 6) is 2.61. The zero-order chi connectivity index (χ0) is 14.4. The van der Waals surface area contributed by atoms with Crippen LogP contribution >= 0.6 is 11.6 Å². The van der Waals surface area contributed by atoms with Crippen LogP contribution in [-0.4, -0.2) is 31.6 Å². The smallest absolute Gasteiger partial charge is 0.136 e. The number of nitrogens with zero attached hydrogens (tertiary/aromatic N) is 2. The molecular formula is C16H21ClN2O. The third-order valence-corrected chi connectivity index (χ3v) is 3.71. The lowest BCUT2D eigenvalue weighted by Gasteiger charge is -2.20. The molecule has 0 bridgehead atoms. The van der Waals surface area contributed by atoms with Crippen molar-refractivity contribution in [3.05, 3.63) is 30.5 Å². The van der Waals surface area contributed by atoms with E-state index in [-0.39, 0.29) is 0 Å². The lowest BCUT2D eigenvalue weighted by molar-refractivity contribution is 0.415. The van der Waals surface area contributed by atoms with Crippen molar-refractivity contribution in [2.24, 2.45) is 0 Å². The highest BCUT2D eigenvalue weighted by Crippen LogP contribution is 2.27. The maximum atomic E-state index is 5.71. The first-order valence-electron chi connectivity index (χ1n) is 6.96. The number of halogens is 1. The average molecular weight is 293 g/mol. The van der Waals surface area contributed by atoms with E-state index in [1.807, 2.05) is 24.4 Å². The van der Waals surface area contributed by atoms with Crippen LogP contribution in [0.5, 0.6) is 5.75 Å². The summed E-state index contributed by atoms with van der Waals surface area (Å²) in [6.45, 7) is 0.986. The third kappa shape index (κ3) is 3.54. The summed E-state index contributed by atoms with van der Waals surface area (Å²) in [7, 11) is 3.77. The van der Waals surface area contributed by atoms with Crippen molar-refractivity contribution in [1.29, 1.82) is 0 Å². The molecule has 20 heavy (non-hydrogen) atoms. The molecule has 0 aliphatic carbocycles. The van der Waals surface area contributed by atoms with Crippen LogP contribution in [0, 0.1) is 0 Å². The van der Waals surface area contributed by atoms with Gasteiger partial charge >= 0.3 is 0 Å². The van der Waals surface area contributed by atoms with Gasteiger partial charge in [-0.05, 0) is 36.4 Å². The molecule has 0 atom stereocenters. The normalized spacial score (nSPS) is 10.8. The number of benzene rings is 1. The van der Waals surface area contributed by atoms with Crippen LogP contribution < -0.4 is 9.64 Å². The summed E-state index contributed by atoms with van der Waals surface area (Å²) in [5.41, 5.74) is 0. The number of hydrogen-bond acceptors (Lipinski definition) is 3. The summed E-state index contributed by atoms with van der Waals surface area (Å²) >= 11 is 5.71. The van der Waals surface area contributed by atoms with Crippen molar-refractivity contribution >= 4 is 28.2 Å². The standard InChI is InChI=1S/C16H21ClN2O/c1-19(11-5-3-4-9-17)16-15-12-14(20-2)7-6-13(15)8-10-18-16/h6-8,10,12H,3-5,9,11H2,1-2H3. The minimum Gasteiger partial charge on any atom is -0.497 e. The molecule has 108 valence electrons. The van der Waals surface area contributed by atoms with Gasteiger partial charge in [-0.3, -0.25) is 0 Å². The second-order valence-corrected chi connectivity index (χ2v) is 5.27. The van der Waals surface area contributed by atoms with E-state index >= 15 is 0 Å². The van der Waals surface area contributed by atoms with E-state index in [0.717, 1.165) is 48.6 Å². The average Bonchev–Trinajstić information content (AvgIpc) is 2.50. The van der Waals surface area contributed by atoms with Crippen LogP contribution in [0.4, 0.5) is 5.82 Å². The van der Waals surface area contributed by atoms with Gasteiger partial charge in [0.15, 0.2) is 0 Å². The van der Waals surface area contributed by atoms with Gasteiger partial charge in [-0.2, -0.15) is 0 Å². The van der Waals surface area contributed by atoms with Crippen molar-refractivity contribution in [2.75, 3.05) is 31.5 Å². The van der Waals surface area contributed by atoms with E-state index in [0.29, 0.717) is 0 Å². The maximum Gasteiger partial charge on any atom is 0.136 e. The molecule has 2 aromatic rings. The number of hydrogen-bond donors (Lipinski definition) is 0. The fraction of sp³-hybridized carbons (Fsp3) is 0.438. The Morgan fingerprint density at radius 2 is 2.05 bits per heavy atom. The summed E-state index contributed by atoms with van der Waals surface area (Å²) in [4.78, 5) is 6.73. The molecule has 1 aromatic carbocycles. The Kier molecular flexibility index (Phi) is 5.48. The molecule has 0 amide bonds. The lowest BCUT2D eigenvalue weighted by Crippen LogP contribution is -2.20. The summed E-state index contributed by atoms with van der Waals surface area (Å²) in [6, 6.07) is 8.12. The largest absolute Gasteiger partial charge is 0.497 e. The van der Waals surface area contributed by atoms with Crippen LogP contribution in [0.25, 0.3) is 10.8 Å². The number of methoxy groups -OCH3 is 1. The topological polar surface area (TPSA) is 25.4 Å². The molecule has 3 nitrogen and oxygen atoms in total. The van der Waals surface area contributed by atoms with Crippen LogP contribution in [0.2, 0.25) is 0 Å². The van der Waals surface area contributed by atoms with E-state index in [9.17, 15) is 0 Å². The zero-order valence-corrected chi connectivity index (χ0v) is 12.9. The van der Waals surface area contributed by atoms with Crippen molar-refractivity contribution in [2.45, 2.75) is 19.3 Å².